The number of urea groups is 1. The number of rotatable bonds is 3. The summed E-state index contributed by atoms with van der Waals surface area (Å²) in [6.45, 7) is 8.15. The molecule has 15 heavy (non-hydrogen) atoms. The second-order valence-electron chi connectivity index (χ2n) is 4.43. The minimum Gasteiger partial charge on any atom is -0.338 e. The van der Waals surface area contributed by atoms with Gasteiger partial charge in [-0.2, -0.15) is 0 Å². The van der Waals surface area contributed by atoms with Crippen LogP contribution in [0.2, 0.25) is 0 Å². The highest BCUT2D eigenvalue weighted by molar-refractivity contribution is 5.82. The van der Waals surface area contributed by atoms with Crippen molar-refractivity contribution >= 4 is 11.9 Å². The molecular weight excluding hydrogens is 194 g/mol. The number of amides is 3. The van der Waals surface area contributed by atoms with Crippen LogP contribution in [-0.4, -0.2) is 37.1 Å². The van der Waals surface area contributed by atoms with Crippen LogP contribution in [-0.2, 0) is 4.79 Å². The van der Waals surface area contributed by atoms with Crippen molar-refractivity contribution in [2.45, 2.75) is 27.7 Å². The van der Waals surface area contributed by atoms with Gasteiger partial charge >= 0.3 is 6.03 Å². The van der Waals surface area contributed by atoms with Crippen molar-refractivity contribution in [3.8, 4) is 0 Å². The van der Waals surface area contributed by atoms with Gasteiger partial charge in [-0.25, -0.2) is 4.79 Å². The lowest BCUT2D eigenvalue weighted by Gasteiger charge is -2.19. The van der Waals surface area contributed by atoms with Crippen LogP contribution in [0.4, 0.5) is 4.79 Å². The van der Waals surface area contributed by atoms with Gasteiger partial charge in [-0.15, -0.1) is 0 Å². The average Bonchev–Trinajstić information content (AvgIpc) is 2.14. The topological polar surface area (TPSA) is 61.4 Å². The number of nitrogens with zero attached hydrogens (tertiary/aromatic N) is 1. The zero-order valence-electron chi connectivity index (χ0n) is 10.2. The van der Waals surface area contributed by atoms with E-state index in [9.17, 15) is 9.59 Å². The molecule has 0 saturated carbocycles. The van der Waals surface area contributed by atoms with Crippen LogP contribution >= 0.6 is 0 Å². The Labute approximate surface area is 91.2 Å². The zero-order valence-corrected chi connectivity index (χ0v) is 10.2. The lowest BCUT2D eigenvalue weighted by atomic mass is 9.96. The van der Waals surface area contributed by atoms with Crippen LogP contribution in [0.1, 0.15) is 27.7 Å². The van der Waals surface area contributed by atoms with Gasteiger partial charge in [0.25, 0.3) is 0 Å². The Hall–Kier alpha value is -1.26. The van der Waals surface area contributed by atoms with Crippen molar-refractivity contribution < 1.29 is 9.59 Å². The van der Waals surface area contributed by atoms with E-state index in [0.29, 0.717) is 6.54 Å². The molecule has 0 saturated heterocycles. The van der Waals surface area contributed by atoms with Gasteiger partial charge in [0, 0.05) is 19.0 Å². The van der Waals surface area contributed by atoms with Crippen LogP contribution in [0, 0.1) is 5.41 Å². The first kappa shape index (κ1) is 13.7. The molecule has 0 fully saturated rings. The van der Waals surface area contributed by atoms with Gasteiger partial charge in [0.1, 0.15) is 0 Å². The quantitative estimate of drug-likeness (QED) is 0.683. The highest BCUT2D eigenvalue weighted by Crippen LogP contribution is 2.11. The molecule has 0 bridgehead atoms. The fraction of sp³-hybridized carbons (Fsp3) is 0.800. The summed E-state index contributed by atoms with van der Waals surface area (Å²) in [7, 11) is 1.70. The molecular formula is C10H21N3O2. The SMILES string of the molecule is CCN(C)C(=O)NCNC(=O)C(C)(C)C. The van der Waals surface area contributed by atoms with E-state index >= 15 is 0 Å². The molecule has 5 heteroatoms. The van der Waals surface area contributed by atoms with Crippen LogP contribution in [0.15, 0.2) is 0 Å². The molecule has 0 radical (unpaired) electrons. The van der Waals surface area contributed by atoms with Gasteiger partial charge in [-0.1, -0.05) is 20.8 Å². The van der Waals surface area contributed by atoms with E-state index in [1.54, 1.807) is 7.05 Å². The second-order valence-corrected chi connectivity index (χ2v) is 4.43. The molecule has 0 aromatic carbocycles. The third-order valence-corrected chi connectivity index (χ3v) is 1.99. The molecule has 0 aliphatic carbocycles. The van der Waals surface area contributed by atoms with Crippen molar-refractivity contribution in [3.05, 3.63) is 0 Å². The first-order chi connectivity index (χ1) is 6.79. The Balaban J connectivity index is 3.81. The van der Waals surface area contributed by atoms with Crippen LogP contribution in [0.3, 0.4) is 0 Å². The summed E-state index contributed by atoms with van der Waals surface area (Å²) in [4.78, 5) is 24.2. The number of hydrogen-bond donors (Lipinski definition) is 2. The van der Waals surface area contributed by atoms with Crippen molar-refractivity contribution in [1.82, 2.24) is 15.5 Å². The van der Waals surface area contributed by atoms with Crippen molar-refractivity contribution in [2.75, 3.05) is 20.3 Å². The van der Waals surface area contributed by atoms with E-state index in [0.717, 1.165) is 0 Å². The normalized spacial score (nSPS) is 10.7. The van der Waals surface area contributed by atoms with E-state index in [4.69, 9.17) is 0 Å². The van der Waals surface area contributed by atoms with Crippen molar-refractivity contribution in [1.29, 1.82) is 0 Å². The fourth-order valence-electron chi connectivity index (χ4n) is 0.744. The maximum absolute atomic E-state index is 11.4. The minimum absolute atomic E-state index is 0.0815. The highest BCUT2D eigenvalue weighted by atomic mass is 16.2. The Morgan fingerprint density at radius 2 is 1.73 bits per heavy atom. The first-order valence-electron chi connectivity index (χ1n) is 5.06. The number of hydrogen-bond acceptors (Lipinski definition) is 2. The molecule has 0 rings (SSSR count). The van der Waals surface area contributed by atoms with Crippen LogP contribution in [0.25, 0.3) is 0 Å². The van der Waals surface area contributed by atoms with Gasteiger partial charge in [0.2, 0.25) is 5.91 Å². The largest absolute Gasteiger partial charge is 0.338 e. The smallest absolute Gasteiger partial charge is 0.318 e. The third-order valence-electron chi connectivity index (χ3n) is 1.99. The summed E-state index contributed by atoms with van der Waals surface area (Å²) in [5.74, 6) is -0.0815. The number of nitrogens with one attached hydrogen (secondary N) is 2. The van der Waals surface area contributed by atoms with Gasteiger partial charge in [0.05, 0.1) is 6.67 Å². The minimum atomic E-state index is -0.429. The molecule has 2 N–H and O–H groups in total. The standard InChI is InChI=1S/C10H21N3O2/c1-6-13(5)9(15)12-7-11-8(14)10(2,3)4/h6-7H2,1-5H3,(H,11,14)(H,12,15). The van der Waals surface area contributed by atoms with E-state index in [1.165, 1.54) is 4.90 Å². The molecule has 0 heterocycles. The van der Waals surface area contributed by atoms with Gasteiger partial charge in [-0.05, 0) is 6.92 Å². The Kier molecular flexibility index (Phi) is 5.11. The molecule has 5 nitrogen and oxygen atoms in total. The van der Waals surface area contributed by atoms with E-state index in [-0.39, 0.29) is 18.6 Å². The lowest BCUT2D eigenvalue weighted by Crippen LogP contribution is -2.45. The second kappa shape index (κ2) is 5.58. The maximum atomic E-state index is 11.4. The lowest BCUT2D eigenvalue weighted by molar-refractivity contribution is -0.128. The number of carbonyl (C=O) groups excluding carboxylic acids is 2. The zero-order chi connectivity index (χ0) is 12.1. The summed E-state index contributed by atoms with van der Waals surface area (Å²) >= 11 is 0. The van der Waals surface area contributed by atoms with E-state index in [1.807, 2.05) is 27.7 Å². The predicted octanol–water partition coefficient (Wildman–Crippen LogP) is 0.767. The van der Waals surface area contributed by atoms with Gasteiger partial charge < -0.3 is 15.5 Å². The molecule has 0 aliphatic rings. The third kappa shape index (κ3) is 5.24. The predicted molar refractivity (Wildman–Crippen MR) is 59.3 cm³/mol. The molecule has 0 aliphatic heterocycles. The van der Waals surface area contributed by atoms with Gasteiger partial charge in [0.15, 0.2) is 0 Å². The average molecular weight is 215 g/mol. The molecule has 0 aromatic heterocycles. The summed E-state index contributed by atoms with van der Waals surface area (Å²) in [5, 5.41) is 5.23. The molecule has 0 aromatic rings. The summed E-state index contributed by atoms with van der Waals surface area (Å²) < 4.78 is 0. The summed E-state index contributed by atoms with van der Waals surface area (Å²) in [6, 6.07) is -0.188. The molecule has 3 amide bonds. The molecule has 88 valence electrons. The summed E-state index contributed by atoms with van der Waals surface area (Å²) in [6.07, 6.45) is 0. The molecule has 0 atom stereocenters. The van der Waals surface area contributed by atoms with Gasteiger partial charge in [-0.3, -0.25) is 4.79 Å². The maximum Gasteiger partial charge on any atom is 0.318 e. The van der Waals surface area contributed by atoms with Crippen molar-refractivity contribution in [2.24, 2.45) is 5.41 Å². The summed E-state index contributed by atoms with van der Waals surface area (Å²) in [5.41, 5.74) is -0.429. The fourth-order valence-corrected chi connectivity index (χ4v) is 0.744. The Morgan fingerprint density at radius 3 is 2.13 bits per heavy atom. The Bertz CT molecular complexity index is 233. The molecule has 0 spiro atoms. The highest BCUT2D eigenvalue weighted by Gasteiger charge is 2.20. The van der Waals surface area contributed by atoms with Crippen LogP contribution < -0.4 is 10.6 Å². The number of carbonyl (C=O) groups is 2. The monoisotopic (exact) mass is 215 g/mol. The molecule has 0 unspecified atom stereocenters. The Morgan fingerprint density at radius 1 is 1.20 bits per heavy atom. The van der Waals surface area contributed by atoms with E-state index in [2.05, 4.69) is 10.6 Å². The first-order valence-corrected chi connectivity index (χ1v) is 5.06. The van der Waals surface area contributed by atoms with Crippen molar-refractivity contribution in [3.63, 3.8) is 0 Å². The van der Waals surface area contributed by atoms with Crippen LogP contribution in [0.5, 0.6) is 0 Å². The van der Waals surface area contributed by atoms with E-state index < -0.39 is 5.41 Å².